The average Bonchev–Trinajstić information content (AvgIpc) is 2.72. The first-order valence-corrected chi connectivity index (χ1v) is 11.5. The average molecular weight is 504 g/mol. The van der Waals surface area contributed by atoms with Crippen molar-refractivity contribution in [2.45, 2.75) is 38.1 Å². The predicted octanol–water partition coefficient (Wildman–Crippen LogP) is 5.24. The number of hydrogen-bond donors (Lipinski definition) is 1. The van der Waals surface area contributed by atoms with E-state index in [1.54, 1.807) is 13.0 Å². The Morgan fingerprint density at radius 3 is 2.59 bits per heavy atom. The van der Waals surface area contributed by atoms with Gasteiger partial charge < -0.3 is 14.5 Å². The zero-order chi connectivity index (χ0) is 24.3. The fourth-order valence-electron chi connectivity index (χ4n) is 5.32. The van der Waals surface area contributed by atoms with Crippen molar-refractivity contribution in [2.24, 2.45) is 5.41 Å². The van der Waals surface area contributed by atoms with Gasteiger partial charge >= 0.3 is 0 Å². The highest BCUT2D eigenvalue weighted by Crippen LogP contribution is 2.69. The van der Waals surface area contributed by atoms with Crippen molar-refractivity contribution in [3.8, 4) is 5.75 Å². The van der Waals surface area contributed by atoms with Crippen LogP contribution in [0.4, 0.5) is 4.39 Å². The van der Waals surface area contributed by atoms with Gasteiger partial charge in [-0.15, -0.1) is 0 Å². The molecule has 6 nitrogen and oxygen atoms in total. The van der Waals surface area contributed by atoms with Crippen LogP contribution in [0.1, 0.15) is 41.8 Å². The summed E-state index contributed by atoms with van der Waals surface area (Å²) in [6, 6.07) is 8.41. The molecule has 0 radical (unpaired) electrons. The van der Waals surface area contributed by atoms with Gasteiger partial charge in [-0.3, -0.25) is 14.4 Å². The summed E-state index contributed by atoms with van der Waals surface area (Å²) >= 11 is 11.7. The maximum Gasteiger partial charge on any atom is 0.258 e. The van der Waals surface area contributed by atoms with E-state index in [-0.39, 0.29) is 57.6 Å². The van der Waals surface area contributed by atoms with E-state index in [9.17, 15) is 18.8 Å². The third-order valence-corrected chi connectivity index (χ3v) is 7.12. The lowest BCUT2D eigenvalue weighted by molar-refractivity contribution is -0.164. The largest absolute Gasteiger partial charge is 0.484 e. The molecule has 3 fully saturated rings. The Kier molecular flexibility index (Phi) is 5.45. The first-order valence-electron chi connectivity index (χ1n) is 10.7. The van der Waals surface area contributed by atoms with E-state index in [1.165, 1.54) is 24.3 Å². The molecule has 1 aromatic heterocycles. The zero-order valence-electron chi connectivity index (χ0n) is 18.2. The van der Waals surface area contributed by atoms with E-state index >= 15 is 0 Å². The second-order valence-electron chi connectivity index (χ2n) is 9.40. The lowest BCUT2D eigenvalue weighted by atomic mass is 9.38. The molecule has 2 aromatic carbocycles. The molecule has 3 saturated carbocycles. The quantitative estimate of drug-likeness (QED) is 0.445. The summed E-state index contributed by atoms with van der Waals surface area (Å²) in [5, 5.41) is 3.72. The number of benzene rings is 2. The van der Waals surface area contributed by atoms with E-state index in [2.05, 4.69) is 5.32 Å². The van der Waals surface area contributed by atoms with Gasteiger partial charge in [0.2, 0.25) is 0 Å². The van der Waals surface area contributed by atoms with Crippen LogP contribution in [0.15, 0.2) is 45.6 Å². The second kappa shape index (κ2) is 8.10. The number of aryl methyl sites for hydroxylation is 1. The van der Waals surface area contributed by atoms with Crippen LogP contribution in [-0.2, 0) is 4.79 Å². The van der Waals surface area contributed by atoms with E-state index in [0.717, 1.165) is 6.07 Å². The fraction of sp³-hybridized carbons (Fsp3) is 0.320. The second-order valence-corrected chi connectivity index (χ2v) is 10.2. The zero-order valence-corrected chi connectivity index (χ0v) is 19.7. The monoisotopic (exact) mass is 503 g/mol. The van der Waals surface area contributed by atoms with Crippen LogP contribution in [0.3, 0.4) is 0 Å². The molecule has 0 unspecified atom stereocenters. The van der Waals surface area contributed by atoms with Gasteiger partial charge in [0.1, 0.15) is 17.1 Å². The number of rotatable bonds is 7. The number of amides is 1. The molecular formula is C25H20Cl2FNO5. The van der Waals surface area contributed by atoms with Crippen molar-refractivity contribution in [3.63, 3.8) is 0 Å². The van der Waals surface area contributed by atoms with Crippen molar-refractivity contribution < 1.29 is 23.1 Å². The van der Waals surface area contributed by atoms with Gasteiger partial charge in [0.05, 0.1) is 10.4 Å². The topological polar surface area (TPSA) is 85.6 Å². The van der Waals surface area contributed by atoms with Crippen LogP contribution in [0.2, 0.25) is 10.0 Å². The molecule has 3 aromatic rings. The van der Waals surface area contributed by atoms with Gasteiger partial charge in [-0.25, -0.2) is 4.39 Å². The highest BCUT2D eigenvalue weighted by molar-refractivity contribution is 6.31. The summed E-state index contributed by atoms with van der Waals surface area (Å²) in [5.74, 6) is -0.919. The molecule has 6 rings (SSSR count). The maximum atomic E-state index is 13.5. The summed E-state index contributed by atoms with van der Waals surface area (Å²) in [6.45, 7) is 1.52. The molecule has 34 heavy (non-hydrogen) atoms. The van der Waals surface area contributed by atoms with Crippen LogP contribution in [0.5, 0.6) is 5.75 Å². The third-order valence-electron chi connectivity index (χ3n) is 6.60. The highest BCUT2D eigenvalue weighted by Gasteiger charge is 2.68. The Morgan fingerprint density at radius 2 is 1.88 bits per heavy atom. The minimum absolute atomic E-state index is 0.0204. The number of carbonyl (C=O) groups excluding carboxylic acids is 2. The van der Waals surface area contributed by atoms with E-state index in [1.807, 2.05) is 0 Å². The van der Waals surface area contributed by atoms with Crippen molar-refractivity contribution in [2.75, 3.05) is 6.61 Å². The minimum Gasteiger partial charge on any atom is -0.484 e. The Bertz CT molecular complexity index is 1400. The van der Waals surface area contributed by atoms with Crippen molar-refractivity contribution in [1.82, 2.24) is 5.32 Å². The maximum absolute atomic E-state index is 13.5. The molecule has 176 valence electrons. The highest BCUT2D eigenvalue weighted by atomic mass is 35.5. The molecule has 3 aliphatic rings. The number of halogens is 3. The number of Topliss-reactive ketones (excluding diaryl/α,β-unsaturated/α-hetero) is 1. The lowest BCUT2D eigenvalue weighted by Gasteiger charge is -2.70. The predicted molar refractivity (Wildman–Crippen MR) is 125 cm³/mol. The molecule has 1 amide bonds. The van der Waals surface area contributed by atoms with Crippen LogP contribution in [0.25, 0.3) is 11.0 Å². The Morgan fingerprint density at radius 1 is 1.15 bits per heavy atom. The SMILES string of the molecule is Cc1cc(Cl)cc2c(=O)cc(C(=O)CC34CC(NC(=O)COc5ccc(Cl)c(F)c5)(C3)C4)oc12. The van der Waals surface area contributed by atoms with Crippen LogP contribution in [-0.4, -0.2) is 23.8 Å². The van der Waals surface area contributed by atoms with Gasteiger partial charge in [0.15, 0.2) is 23.6 Å². The van der Waals surface area contributed by atoms with Gasteiger partial charge in [-0.2, -0.15) is 0 Å². The molecule has 3 aliphatic carbocycles. The van der Waals surface area contributed by atoms with Gasteiger partial charge in [-0.05, 0) is 61.4 Å². The van der Waals surface area contributed by atoms with Crippen LogP contribution >= 0.6 is 23.2 Å². The van der Waals surface area contributed by atoms with Crippen molar-refractivity contribution in [1.29, 1.82) is 0 Å². The number of fused-ring (bicyclic) bond motifs is 1. The molecule has 0 atom stereocenters. The summed E-state index contributed by atoms with van der Waals surface area (Å²) < 4.78 is 24.6. The first kappa shape index (κ1) is 22.9. The summed E-state index contributed by atoms with van der Waals surface area (Å²) in [5.41, 5.74) is 0.195. The van der Waals surface area contributed by atoms with Crippen molar-refractivity contribution in [3.05, 3.63) is 73.8 Å². The van der Waals surface area contributed by atoms with Gasteiger partial charge in [-0.1, -0.05) is 23.2 Å². The van der Waals surface area contributed by atoms with Crippen LogP contribution in [0, 0.1) is 18.2 Å². The molecule has 1 N–H and O–H groups in total. The third kappa shape index (κ3) is 4.07. The molecule has 9 heteroatoms. The Hall–Kier alpha value is -2.90. The standard InChI is InChI=1S/C25H20Cl2FNO5/c1-13-4-14(26)5-16-19(30)7-21(34-23(13)16)20(31)8-24-10-25(11-24,12-24)29-22(32)9-33-15-2-3-17(27)18(28)6-15/h2-7H,8-12H2,1H3,(H,29,32). The normalized spacial score (nSPS) is 22.6. The molecule has 0 aliphatic heterocycles. The number of carbonyl (C=O) groups is 2. The molecule has 0 spiro atoms. The Labute approximate surface area is 204 Å². The van der Waals surface area contributed by atoms with Crippen LogP contribution < -0.4 is 15.5 Å². The lowest BCUT2D eigenvalue weighted by Crippen LogP contribution is -2.75. The summed E-state index contributed by atoms with van der Waals surface area (Å²) in [7, 11) is 0. The number of ketones is 1. The Balaban J connectivity index is 1.17. The van der Waals surface area contributed by atoms with E-state index in [4.69, 9.17) is 32.4 Å². The first-order chi connectivity index (χ1) is 16.1. The van der Waals surface area contributed by atoms with Gasteiger partial charge in [0.25, 0.3) is 5.91 Å². The smallest absolute Gasteiger partial charge is 0.258 e. The molecule has 0 saturated heterocycles. The number of nitrogens with one attached hydrogen (secondary N) is 1. The van der Waals surface area contributed by atoms with E-state index < -0.39 is 5.82 Å². The minimum atomic E-state index is -0.619. The molecule has 2 bridgehead atoms. The summed E-state index contributed by atoms with van der Waals surface area (Å²) in [4.78, 5) is 37.6. The van der Waals surface area contributed by atoms with Gasteiger partial charge in [0, 0.05) is 29.1 Å². The molecule has 1 heterocycles. The molecular weight excluding hydrogens is 484 g/mol. The van der Waals surface area contributed by atoms with E-state index in [0.29, 0.717) is 40.8 Å². The fourth-order valence-corrected chi connectivity index (χ4v) is 5.71. The number of ether oxygens (including phenoxy) is 1. The number of hydrogen-bond acceptors (Lipinski definition) is 5. The summed E-state index contributed by atoms with van der Waals surface area (Å²) in [6.07, 6.45) is 2.24. The van der Waals surface area contributed by atoms with Crippen molar-refractivity contribution >= 4 is 45.9 Å².